The van der Waals surface area contributed by atoms with Gasteiger partial charge in [0, 0.05) is 4.90 Å². The quantitative estimate of drug-likeness (QED) is 0.481. The lowest BCUT2D eigenvalue weighted by Crippen LogP contribution is -2.27. The Morgan fingerprint density at radius 3 is 1.72 bits per heavy atom. The van der Waals surface area contributed by atoms with E-state index in [2.05, 4.69) is 0 Å². The van der Waals surface area contributed by atoms with Crippen LogP contribution in [0, 0.1) is 0 Å². The van der Waals surface area contributed by atoms with Crippen molar-refractivity contribution in [1.82, 2.24) is 0 Å². The molecule has 0 aliphatic rings. The number of hydrogen-bond donors (Lipinski definition) is 0. The fraction of sp³-hybridized carbons (Fsp3) is 0.0667. The SMILES string of the molecule is O=S(=O)(OS(c1ccccc1)(c1cccs1)c1cccs1)C(F)(F)F. The highest BCUT2D eigenvalue weighted by molar-refractivity contribution is 8.35. The number of halogens is 3. The summed E-state index contributed by atoms with van der Waals surface area (Å²) < 4.78 is 68.9. The smallest absolute Gasteiger partial charge is 0.198 e. The van der Waals surface area contributed by atoms with Gasteiger partial charge in [-0.2, -0.15) is 25.2 Å². The topological polar surface area (TPSA) is 43.4 Å². The molecule has 3 aromatic rings. The Balaban J connectivity index is 2.31. The van der Waals surface area contributed by atoms with Crippen molar-refractivity contribution in [2.45, 2.75) is 18.8 Å². The maximum Gasteiger partial charge on any atom is 0.524 e. The van der Waals surface area contributed by atoms with E-state index in [0.29, 0.717) is 13.3 Å². The van der Waals surface area contributed by atoms with E-state index >= 15 is 0 Å². The van der Waals surface area contributed by atoms with Gasteiger partial charge in [-0.15, -0.1) is 22.7 Å². The summed E-state index contributed by atoms with van der Waals surface area (Å²) in [6.45, 7) is 0. The summed E-state index contributed by atoms with van der Waals surface area (Å²) in [5.41, 5.74) is -5.51. The summed E-state index contributed by atoms with van der Waals surface area (Å²) in [6.07, 6.45) is 0. The van der Waals surface area contributed by atoms with Gasteiger partial charge in [0.2, 0.25) is 0 Å². The molecule has 3 nitrogen and oxygen atoms in total. The van der Waals surface area contributed by atoms with E-state index in [1.807, 2.05) is 0 Å². The van der Waals surface area contributed by atoms with Crippen LogP contribution in [0.2, 0.25) is 0 Å². The Bertz CT molecular complexity index is 884. The molecule has 2 heterocycles. The van der Waals surface area contributed by atoms with Crippen LogP contribution < -0.4 is 0 Å². The van der Waals surface area contributed by atoms with Gasteiger partial charge in [-0.3, -0.25) is 0 Å². The third kappa shape index (κ3) is 3.36. The van der Waals surface area contributed by atoms with Crippen molar-refractivity contribution in [3.05, 3.63) is 65.4 Å². The van der Waals surface area contributed by atoms with Gasteiger partial charge < -0.3 is 0 Å². The average Bonchev–Trinajstić information content (AvgIpc) is 3.26. The van der Waals surface area contributed by atoms with Crippen molar-refractivity contribution in [3.63, 3.8) is 0 Å². The van der Waals surface area contributed by atoms with Gasteiger partial charge in [0.15, 0.2) is 0 Å². The summed E-state index contributed by atoms with van der Waals surface area (Å²) in [5.74, 6) is 0. The predicted octanol–water partition coefficient (Wildman–Crippen LogP) is 5.87. The molecular weight excluding hydrogens is 413 g/mol. The highest BCUT2D eigenvalue weighted by Gasteiger charge is 2.53. The zero-order valence-electron chi connectivity index (χ0n) is 12.3. The van der Waals surface area contributed by atoms with E-state index in [1.54, 1.807) is 65.4 Å². The molecule has 1 aromatic carbocycles. The molecule has 0 N–H and O–H groups in total. The van der Waals surface area contributed by atoms with Crippen LogP contribution in [-0.2, 0) is 13.7 Å². The first-order valence-corrected chi connectivity index (χ1v) is 11.5. The van der Waals surface area contributed by atoms with Gasteiger partial charge in [-0.1, -0.05) is 30.3 Å². The van der Waals surface area contributed by atoms with E-state index in [1.165, 1.54) is 0 Å². The molecule has 0 radical (unpaired) electrons. The van der Waals surface area contributed by atoms with Crippen molar-refractivity contribution >= 4 is 43.1 Å². The fourth-order valence-corrected chi connectivity index (χ4v) is 10.1. The minimum atomic E-state index is -5.81. The number of benzene rings is 1. The third-order valence-electron chi connectivity index (χ3n) is 3.11. The Labute approximate surface area is 152 Å². The predicted molar refractivity (Wildman–Crippen MR) is 93.5 cm³/mol. The maximum atomic E-state index is 13.1. The lowest BCUT2D eigenvalue weighted by Gasteiger charge is -2.36. The largest absolute Gasteiger partial charge is 0.524 e. The van der Waals surface area contributed by atoms with Crippen molar-refractivity contribution in [1.29, 1.82) is 0 Å². The molecule has 2 aromatic heterocycles. The van der Waals surface area contributed by atoms with E-state index < -0.39 is 25.9 Å². The van der Waals surface area contributed by atoms with Crippen molar-refractivity contribution in [3.8, 4) is 0 Å². The zero-order chi connectivity index (χ0) is 18.1. The van der Waals surface area contributed by atoms with Crippen LogP contribution in [0.4, 0.5) is 13.2 Å². The summed E-state index contributed by atoms with van der Waals surface area (Å²) in [4.78, 5) is 0.382. The maximum absolute atomic E-state index is 13.1. The molecule has 0 fully saturated rings. The molecular formula is C15H11F3O3S4. The van der Waals surface area contributed by atoms with Gasteiger partial charge in [0.25, 0.3) is 0 Å². The first-order valence-electron chi connectivity index (χ1n) is 6.75. The number of rotatable bonds is 5. The fourth-order valence-electron chi connectivity index (χ4n) is 2.08. The molecule has 0 atom stereocenters. The minimum Gasteiger partial charge on any atom is -0.198 e. The van der Waals surface area contributed by atoms with E-state index in [4.69, 9.17) is 3.63 Å². The summed E-state index contributed by atoms with van der Waals surface area (Å²) in [5, 5.41) is 3.36. The van der Waals surface area contributed by atoms with Crippen molar-refractivity contribution in [2.24, 2.45) is 0 Å². The first-order chi connectivity index (χ1) is 11.8. The minimum absolute atomic E-state index is 0.382. The Morgan fingerprint density at radius 2 is 1.32 bits per heavy atom. The molecule has 134 valence electrons. The molecule has 0 aliphatic heterocycles. The highest BCUT2D eigenvalue weighted by Crippen LogP contribution is 2.72. The van der Waals surface area contributed by atoms with Crippen LogP contribution in [0.25, 0.3) is 0 Å². The summed E-state index contributed by atoms with van der Waals surface area (Å²) in [7, 11) is -8.86. The lowest BCUT2D eigenvalue weighted by atomic mass is 10.4. The molecule has 0 unspecified atom stereocenters. The van der Waals surface area contributed by atoms with Crippen LogP contribution in [0.1, 0.15) is 0 Å². The lowest BCUT2D eigenvalue weighted by molar-refractivity contribution is -0.0496. The molecule has 25 heavy (non-hydrogen) atoms. The standard InChI is InChI=1S/C15H11F3O3S4/c16-15(17,18)25(19,20)21-24(13-8-4-10-22-13,14-9-5-11-23-14)12-6-2-1-3-7-12/h1-11H. The van der Waals surface area contributed by atoms with Crippen LogP contribution in [0.15, 0.2) is 78.7 Å². The van der Waals surface area contributed by atoms with Crippen LogP contribution in [0.5, 0.6) is 0 Å². The van der Waals surface area contributed by atoms with Gasteiger partial charge in [0.1, 0.15) is 0 Å². The van der Waals surface area contributed by atoms with Gasteiger partial charge in [-0.05, 0) is 45.3 Å². The molecule has 0 saturated heterocycles. The van der Waals surface area contributed by atoms with E-state index in [0.717, 1.165) is 22.7 Å². The number of alkyl halides is 3. The highest BCUT2D eigenvalue weighted by atomic mass is 32.3. The second-order valence-corrected chi connectivity index (χ2v) is 11.5. The molecule has 0 aliphatic carbocycles. The first kappa shape index (κ1) is 18.5. The second kappa shape index (κ2) is 6.76. The monoisotopic (exact) mass is 424 g/mol. The Morgan fingerprint density at radius 1 is 0.800 bits per heavy atom. The van der Waals surface area contributed by atoms with Crippen molar-refractivity contribution < 1.29 is 25.2 Å². The number of hydrogen-bond acceptors (Lipinski definition) is 5. The van der Waals surface area contributed by atoms with Crippen LogP contribution in [-0.4, -0.2) is 13.9 Å². The molecule has 3 rings (SSSR count). The summed E-state index contributed by atoms with van der Waals surface area (Å²) >= 11 is 2.32. The molecule has 0 bridgehead atoms. The molecule has 0 amide bonds. The zero-order valence-corrected chi connectivity index (χ0v) is 15.6. The third-order valence-corrected chi connectivity index (χ3v) is 10.9. The van der Waals surface area contributed by atoms with Gasteiger partial charge >= 0.3 is 15.6 Å². The normalized spacial score (nSPS) is 13.7. The van der Waals surface area contributed by atoms with E-state index in [9.17, 15) is 21.6 Å². The second-order valence-electron chi connectivity index (χ2n) is 4.70. The van der Waals surface area contributed by atoms with Crippen LogP contribution in [0.3, 0.4) is 0 Å². The Kier molecular flexibility index (Phi) is 5.00. The van der Waals surface area contributed by atoms with Crippen LogP contribution >= 0.6 is 33.0 Å². The van der Waals surface area contributed by atoms with Gasteiger partial charge in [0.05, 0.1) is 8.42 Å². The van der Waals surface area contributed by atoms with E-state index in [-0.39, 0.29) is 0 Å². The molecule has 10 heteroatoms. The number of thiophene rings is 2. The summed E-state index contributed by atoms with van der Waals surface area (Å²) in [6, 6.07) is 14.7. The Hall–Kier alpha value is -1.33. The molecule has 0 spiro atoms. The van der Waals surface area contributed by atoms with Gasteiger partial charge in [-0.25, -0.2) is 0 Å². The van der Waals surface area contributed by atoms with Crippen molar-refractivity contribution in [2.75, 3.05) is 0 Å². The molecule has 0 saturated carbocycles. The average molecular weight is 425 g/mol.